The van der Waals surface area contributed by atoms with Gasteiger partial charge in [0.05, 0.1) is 0 Å². The third-order valence-electron chi connectivity index (χ3n) is 5.00. The van der Waals surface area contributed by atoms with Crippen LogP contribution in [0.15, 0.2) is 0 Å². The molecule has 17 heavy (non-hydrogen) atoms. The molecule has 1 N–H and O–H groups in total. The zero-order chi connectivity index (χ0) is 11.9. The SMILES string of the molecule is CC1CNCC(C)CN(CC2(C3CC3)CC2)C1. The van der Waals surface area contributed by atoms with Gasteiger partial charge in [-0.15, -0.1) is 0 Å². The van der Waals surface area contributed by atoms with Crippen molar-refractivity contribution in [2.75, 3.05) is 32.7 Å². The lowest BCUT2D eigenvalue weighted by molar-refractivity contribution is 0.146. The average Bonchev–Trinajstić information content (AvgIpc) is 3.09. The van der Waals surface area contributed by atoms with E-state index < -0.39 is 0 Å². The van der Waals surface area contributed by atoms with Gasteiger partial charge in [0.2, 0.25) is 0 Å². The second kappa shape index (κ2) is 4.55. The molecule has 2 atom stereocenters. The number of nitrogens with one attached hydrogen (secondary N) is 1. The highest BCUT2D eigenvalue weighted by atomic mass is 15.2. The minimum Gasteiger partial charge on any atom is -0.316 e. The maximum absolute atomic E-state index is 3.59. The van der Waals surface area contributed by atoms with Crippen molar-refractivity contribution in [1.82, 2.24) is 10.2 Å². The first-order valence-electron chi connectivity index (χ1n) is 7.61. The predicted molar refractivity (Wildman–Crippen MR) is 72.0 cm³/mol. The Morgan fingerprint density at radius 2 is 1.65 bits per heavy atom. The van der Waals surface area contributed by atoms with Gasteiger partial charge in [-0.3, -0.25) is 0 Å². The molecular weight excluding hydrogens is 208 g/mol. The van der Waals surface area contributed by atoms with E-state index in [1.165, 1.54) is 58.4 Å². The fraction of sp³-hybridized carbons (Fsp3) is 1.00. The number of nitrogens with zero attached hydrogens (tertiary/aromatic N) is 1. The topological polar surface area (TPSA) is 15.3 Å². The molecule has 0 radical (unpaired) electrons. The summed E-state index contributed by atoms with van der Waals surface area (Å²) in [5.41, 5.74) is 0.784. The smallest absolute Gasteiger partial charge is 0.00409 e. The molecule has 0 spiro atoms. The second-order valence-corrected chi connectivity index (χ2v) is 7.20. The standard InChI is InChI=1S/C15H28N2/c1-12-7-16-8-13(2)10-17(9-12)11-15(5-6-15)14-3-4-14/h12-14,16H,3-11H2,1-2H3. The highest BCUT2D eigenvalue weighted by molar-refractivity contribution is 5.05. The molecule has 1 saturated heterocycles. The summed E-state index contributed by atoms with van der Waals surface area (Å²) in [6.07, 6.45) is 6.10. The van der Waals surface area contributed by atoms with Crippen LogP contribution in [0.1, 0.15) is 39.5 Å². The quantitative estimate of drug-likeness (QED) is 0.809. The van der Waals surface area contributed by atoms with Crippen LogP contribution in [0.2, 0.25) is 0 Å². The van der Waals surface area contributed by atoms with E-state index in [2.05, 4.69) is 24.1 Å². The van der Waals surface area contributed by atoms with E-state index in [0.29, 0.717) is 0 Å². The van der Waals surface area contributed by atoms with Crippen molar-refractivity contribution in [2.45, 2.75) is 39.5 Å². The fourth-order valence-corrected chi connectivity index (χ4v) is 3.79. The summed E-state index contributed by atoms with van der Waals surface area (Å²) in [7, 11) is 0. The monoisotopic (exact) mass is 236 g/mol. The largest absolute Gasteiger partial charge is 0.316 e. The van der Waals surface area contributed by atoms with Crippen molar-refractivity contribution in [3.8, 4) is 0 Å². The molecule has 2 heteroatoms. The van der Waals surface area contributed by atoms with Crippen LogP contribution in [0.3, 0.4) is 0 Å². The van der Waals surface area contributed by atoms with Crippen LogP contribution in [-0.2, 0) is 0 Å². The first kappa shape index (κ1) is 12.0. The zero-order valence-corrected chi connectivity index (χ0v) is 11.5. The first-order valence-corrected chi connectivity index (χ1v) is 7.61. The van der Waals surface area contributed by atoms with E-state index in [9.17, 15) is 0 Å². The van der Waals surface area contributed by atoms with Crippen LogP contribution in [0, 0.1) is 23.2 Å². The Morgan fingerprint density at radius 3 is 2.12 bits per heavy atom. The Balaban J connectivity index is 1.59. The molecule has 1 heterocycles. The average molecular weight is 236 g/mol. The molecular formula is C15H28N2. The summed E-state index contributed by atoms with van der Waals surface area (Å²) in [5, 5.41) is 3.59. The Labute approximate surface area is 106 Å². The number of rotatable bonds is 3. The second-order valence-electron chi connectivity index (χ2n) is 7.20. The summed E-state index contributed by atoms with van der Waals surface area (Å²) in [4.78, 5) is 2.79. The van der Waals surface area contributed by atoms with Crippen LogP contribution >= 0.6 is 0 Å². The van der Waals surface area contributed by atoms with Crippen molar-refractivity contribution >= 4 is 0 Å². The summed E-state index contributed by atoms with van der Waals surface area (Å²) in [6, 6.07) is 0. The van der Waals surface area contributed by atoms with Gasteiger partial charge < -0.3 is 10.2 Å². The molecule has 2 saturated carbocycles. The zero-order valence-electron chi connectivity index (χ0n) is 11.5. The van der Waals surface area contributed by atoms with E-state index in [-0.39, 0.29) is 0 Å². The molecule has 0 amide bonds. The minimum atomic E-state index is 0.784. The fourth-order valence-electron chi connectivity index (χ4n) is 3.79. The lowest BCUT2D eigenvalue weighted by Gasteiger charge is -2.34. The van der Waals surface area contributed by atoms with Crippen molar-refractivity contribution in [2.24, 2.45) is 23.2 Å². The van der Waals surface area contributed by atoms with E-state index in [4.69, 9.17) is 0 Å². The minimum absolute atomic E-state index is 0.784. The van der Waals surface area contributed by atoms with Crippen LogP contribution in [0.5, 0.6) is 0 Å². The Bertz CT molecular complexity index is 256. The van der Waals surface area contributed by atoms with Crippen molar-refractivity contribution < 1.29 is 0 Å². The normalized spacial score (nSPS) is 38.5. The molecule has 0 bridgehead atoms. The van der Waals surface area contributed by atoms with Gasteiger partial charge >= 0.3 is 0 Å². The maximum atomic E-state index is 3.59. The number of hydrogen-bond donors (Lipinski definition) is 1. The van der Waals surface area contributed by atoms with Gasteiger partial charge in [-0.1, -0.05) is 13.8 Å². The van der Waals surface area contributed by atoms with E-state index >= 15 is 0 Å². The lowest BCUT2D eigenvalue weighted by Crippen LogP contribution is -2.44. The van der Waals surface area contributed by atoms with Crippen LogP contribution in [0.4, 0.5) is 0 Å². The molecule has 0 aromatic heterocycles. The summed E-state index contributed by atoms with van der Waals surface area (Å²) < 4.78 is 0. The molecule has 0 aromatic rings. The molecule has 1 aliphatic heterocycles. The molecule has 3 fully saturated rings. The van der Waals surface area contributed by atoms with Crippen LogP contribution < -0.4 is 5.32 Å². The van der Waals surface area contributed by atoms with Gasteiger partial charge in [0.1, 0.15) is 0 Å². The Kier molecular flexibility index (Phi) is 3.20. The Hall–Kier alpha value is -0.0800. The van der Waals surface area contributed by atoms with Crippen LogP contribution in [-0.4, -0.2) is 37.6 Å². The van der Waals surface area contributed by atoms with Gasteiger partial charge in [0, 0.05) is 19.6 Å². The third-order valence-corrected chi connectivity index (χ3v) is 5.00. The Morgan fingerprint density at radius 1 is 1.06 bits per heavy atom. The third kappa shape index (κ3) is 2.85. The van der Waals surface area contributed by atoms with Gasteiger partial charge in [0.15, 0.2) is 0 Å². The predicted octanol–water partition coefficient (Wildman–Crippen LogP) is 2.35. The van der Waals surface area contributed by atoms with Gasteiger partial charge in [-0.25, -0.2) is 0 Å². The molecule has 98 valence electrons. The van der Waals surface area contributed by atoms with Gasteiger partial charge in [-0.05, 0) is 61.9 Å². The number of hydrogen-bond acceptors (Lipinski definition) is 2. The van der Waals surface area contributed by atoms with Crippen LogP contribution in [0.25, 0.3) is 0 Å². The van der Waals surface area contributed by atoms with E-state index in [1.807, 2.05) is 0 Å². The maximum Gasteiger partial charge on any atom is 0.00409 e. The molecule has 2 aliphatic carbocycles. The van der Waals surface area contributed by atoms with Gasteiger partial charge in [0.25, 0.3) is 0 Å². The highest BCUT2D eigenvalue weighted by Gasteiger charge is 2.54. The lowest BCUT2D eigenvalue weighted by atomic mass is 9.97. The first-order chi connectivity index (χ1) is 8.18. The van der Waals surface area contributed by atoms with Crippen molar-refractivity contribution in [1.29, 1.82) is 0 Å². The summed E-state index contributed by atoms with van der Waals surface area (Å²) >= 11 is 0. The molecule has 3 rings (SSSR count). The summed E-state index contributed by atoms with van der Waals surface area (Å²) in [5.74, 6) is 2.74. The molecule has 0 aromatic carbocycles. The van der Waals surface area contributed by atoms with Gasteiger partial charge in [-0.2, -0.15) is 0 Å². The molecule has 2 nitrogen and oxygen atoms in total. The van der Waals surface area contributed by atoms with Crippen molar-refractivity contribution in [3.05, 3.63) is 0 Å². The molecule has 2 unspecified atom stereocenters. The van der Waals surface area contributed by atoms with Crippen molar-refractivity contribution in [3.63, 3.8) is 0 Å². The van der Waals surface area contributed by atoms with E-state index in [1.54, 1.807) is 0 Å². The van der Waals surface area contributed by atoms with E-state index in [0.717, 1.165) is 23.2 Å². The summed E-state index contributed by atoms with van der Waals surface area (Å²) in [6.45, 7) is 11.2. The molecule has 3 aliphatic rings. The highest BCUT2D eigenvalue weighted by Crippen LogP contribution is 2.61.